The summed E-state index contributed by atoms with van der Waals surface area (Å²) in [5.74, 6) is 1.73. The number of halogens is 2. The van der Waals surface area contributed by atoms with E-state index in [1.165, 1.54) is 11.8 Å². The number of anilines is 2. The second-order valence-corrected chi connectivity index (χ2v) is 9.55. The average molecular weight is 440 g/mol. The molecule has 28 heavy (non-hydrogen) atoms. The predicted molar refractivity (Wildman–Crippen MR) is 113 cm³/mol. The van der Waals surface area contributed by atoms with Gasteiger partial charge in [0, 0.05) is 24.2 Å². The first-order chi connectivity index (χ1) is 13.4. The van der Waals surface area contributed by atoms with E-state index < -0.39 is 0 Å². The van der Waals surface area contributed by atoms with Gasteiger partial charge in [-0.05, 0) is 43.1 Å². The maximum Gasteiger partial charge on any atom is 0.158 e. The van der Waals surface area contributed by atoms with Crippen molar-refractivity contribution in [2.24, 2.45) is 11.3 Å². The Morgan fingerprint density at radius 1 is 1.29 bits per heavy atom. The zero-order valence-corrected chi connectivity index (χ0v) is 17.9. The minimum absolute atomic E-state index is 0.151. The van der Waals surface area contributed by atoms with Crippen molar-refractivity contribution in [3.05, 3.63) is 28.6 Å². The summed E-state index contributed by atoms with van der Waals surface area (Å²) in [6.07, 6.45) is 7.17. The highest BCUT2D eigenvalue weighted by Crippen LogP contribution is 2.50. The first-order valence-corrected chi connectivity index (χ1v) is 11.0. The molecule has 6 nitrogen and oxygen atoms in total. The van der Waals surface area contributed by atoms with Crippen LogP contribution in [0.2, 0.25) is 10.2 Å². The average Bonchev–Trinajstić information content (AvgIpc) is 2.94. The van der Waals surface area contributed by atoms with Crippen molar-refractivity contribution in [2.45, 2.75) is 48.6 Å². The molecular formula is C19H23Cl2N5OS. The Balaban J connectivity index is 1.46. The van der Waals surface area contributed by atoms with Crippen LogP contribution in [-0.2, 0) is 0 Å². The first kappa shape index (κ1) is 20.0. The molecule has 2 aliphatic rings. The van der Waals surface area contributed by atoms with Crippen LogP contribution in [0.25, 0.3) is 0 Å². The number of rotatable bonds is 3. The van der Waals surface area contributed by atoms with Gasteiger partial charge in [-0.3, -0.25) is 0 Å². The van der Waals surface area contributed by atoms with E-state index in [9.17, 15) is 5.11 Å². The standard InChI is InChI=1S/C19H23Cl2N5OS/c1-11-8-12(27)9-19(11)3-6-26(7-4-19)14-10-24-18(17(22)25-14)28-13-2-5-23-16(21)15(13)20/h2,5,10-12,27H,3-4,6-9H2,1H3,(H2,22,25)/t11-,12-/m1/s1. The summed E-state index contributed by atoms with van der Waals surface area (Å²) in [6, 6.07) is 1.77. The van der Waals surface area contributed by atoms with E-state index in [4.69, 9.17) is 28.9 Å². The van der Waals surface area contributed by atoms with Crippen molar-refractivity contribution in [1.82, 2.24) is 15.0 Å². The van der Waals surface area contributed by atoms with E-state index in [0.29, 0.717) is 21.8 Å². The van der Waals surface area contributed by atoms with Crippen LogP contribution in [0.3, 0.4) is 0 Å². The fourth-order valence-corrected chi connectivity index (χ4v) is 5.71. The van der Waals surface area contributed by atoms with E-state index in [1.807, 2.05) is 0 Å². The third-order valence-corrected chi connectivity index (χ3v) is 8.11. The van der Waals surface area contributed by atoms with Gasteiger partial charge in [-0.25, -0.2) is 15.0 Å². The highest BCUT2D eigenvalue weighted by Gasteiger charge is 2.46. The smallest absolute Gasteiger partial charge is 0.158 e. The van der Waals surface area contributed by atoms with Crippen molar-refractivity contribution in [3.8, 4) is 0 Å². The molecule has 2 aromatic heterocycles. The van der Waals surface area contributed by atoms with Crippen LogP contribution in [0.4, 0.5) is 11.6 Å². The summed E-state index contributed by atoms with van der Waals surface area (Å²) >= 11 is 13.5. The molecular weight excluding hydrogens is 417 g/mol. The van der Waals surface area contributed by atoms with Crippen LogP contribution in [0.15, 0.2) is 28.4 Å². The third-order valence-electron chi connectivity index (χ3n) is 6.17. The molecule has 3 N–H and O–H groups in total. The van der Waals surface area contributed by atoms with Crippen LogP contribution in [0.5, 0.6) is 0 Å². The number of pyridine rings is 1. The molecule has 0 unspecified atom stereocenters. The van der Waals surface area contributed by atoms with E-state index in [2.05, 4.69) is 26.8 Å². The number of nitrogens with two attached hydrogens (primary N) is 1. The molecule has 4 rings (SSSR count). The second kappa shape index (κ2) is 7.86. The minimum Gasteiger partial charge on any atom is -0.393 e. The lowest BCUT2D eigenvalue weighted by atomic mass is 9.71. The van der Waals surface area contributed by atoms with E-state index in [0.717, 1.165) is 49.5 Å². The monoisotopic (exact) mass is 439 g/mol. The lowest BCUT2D eigenvalue weighted by molar-refractivity contribution is 0.132. The first-order valence-electron chi connectivity index (χ1n) is 9.41. The Morgan fingerprint density at radius 2 is 2.04 bits per heavy atom. The Hall–Kier alpha value is -1.28. The molecule has 1 aliphatic heterocycles. The van der Waals surface area contributed by atoms with Crippen molar-refractivity contribution < 1.29 is 5.11 Å². The van der Waals surface area contributed by atoms with Crippen molar-refractivity contribution in [3.63, 3.8) is 0 Å². The van der Waals surface area contributed by atoms with Crippen molar-refractivity contribution in [1.29, 1.82) is 0 Å². The number of hydrogen-bond acceptors (Lipinski definition) is 7. The van der Waals surface area contributed by atoms with Crippen LogP contribution in [0.1, 0.15) is 32.6 Å². The van der Waals surface area contributed by atoms with Crippen molar-refractivity contribution >= 4 is 46.6 Å². The van der Waals surface area contributed by atoms with Gasteiger partial charge in [0.15, 0.2) is 5.82 Å². The number of aromatic nitrogens is 3. The molecule has 0 amide bonds. The molecule has 2 fully saturated rings. The quantitative estimate of drug-likeness (QED) is 0.689. The second-order valence-electron chi connectivity index (χ2n) is 7.78. The lowest BCUT2D eigenvalue weighted by Gasteiger charge is -2.42. The molecule has 3 heterocycles. The van der Waals surface area contributed by atoms with Gasteiger partial charge < -0.3 is 15.7 Å². The minimum atomic E-state index is -0.151. The largest absolute Gasteiger partial charge is 0.393 e. The van der Waals surface area contributed by atoms with Crippen molar-refractivity contribution in [2.75, 3.05) is 23.7 Å². The number of aliphatic hydroxyl groups excluding tert-OH is 1. The fraction of sp³-hybridized carbons (Fsp3) is 0.526. The van der Waals surface area contributed by atoms with Gasteiger partial charge in [-0.1, -0.05) is 41.9 Å². The Kier molecular flexibility index (Phi) is 5.62. The van der Waals surface area contributed by atoms with Gasteiger partial charge in [-0.15, -0.1) is 0 Å². The zero-order chi connectivity index (χ0) is 19.9. The number of piperidine rings is 1. The molecule has 1 aliphatic carbocycles. The Labute approximate surface area is 178 Å². The van der Waals surface area contributed by atoms with Gasteiger partial charge in [0.1, 0.15) is 16.0 Å². The fourth-order valence-electron chi connectivity index (χ4n) is 4.49. The van der Waals surface area contributed by atoms with Crippen LogP contribution < -0.4 is 10.6 Å². The summed E-state index contributed by atoms with van der Waals surface area (Å²) in [6.45, 7) is 4.08. The van der Waals surface area contributed by atoms with Gasteiger partial charge in [0.05, 0.1) is 17.3 Å². The van der Waals surface area contributed by atoms with Gasteiger partial charge in [0.25, 0.3) is 0 Å². The SMILES string of the molecule is C[C@@H]1C[C@@H](O)CC12CCN(c1cnc(Sc3ccnc(Cl)c3Cl)c(N)n1)CC2. The van der Waals surface area contributed by atoms with E-state index in [-0.39, 0.29) is 16.7 Å². The lowest BCUT2D eigenvalue weighted by Crippen LogP contribution is -2.42. The van der Waals surface area contributed by atoms with Gasteiger partial charge >= 0.3 is 0 Å². The zero-order valence-electron chi connectivity index (χ0n) is 15.6. The number of aliphatic hydroxyl groups is 1. The predicted octanol–water partition coefficient (Wildman–Crippen LogP) is 4.29. The molecule has 0 bridgehead atoms. The highest BCUT2D eigenvalue weighted by molar-refractivity contribution is 7.99. The maximum atomic E-state index is 10.0. The van der Waals surface area contributed by atoms with Crippen LogP contribution in [0, 0.1) is 11.3 Å². The molecule has 2 atom stereocenters. The van der Waals surface area contributed by atoms with Gasteiger partial charge in [-0.2, -0.15) is 0 Å². The molecule has 1 saturated heterocycles. The number of nitrogen functional groups attached to an aromatic ring is 1. The Morgan fingerprint density at radius 3 is 2.68 bits per heavy atom. The molecule has 1 saturated carbocycles. The molecule has 2 aromatic rings. The molecule has 1 spiro atoms. The third kappa shape index (κ3) is 3.77. The molecule has 0 radical (unpaired) electrons. The van der Waals surface area contributed by atoms with Gasteiger partial charge in [0.2, 0.25) is 0 Å². The highest BCUT2D eigenvalue weighted by atomic mass is 35.5. The molecule has 150 valence electrons. The topological polar surface area (TPSA) is 88.2 Å². The summed E-state index contributed by atoms with van der Waals surface area (Å²) in [5.41, 5.74) is 6.44. The normalized spacial score (nSPS) is 24.1. The van der Waals surface area contributed by atoms with Crippen LogP contribution >= 0.6 is 35.0 Å². The summed E-state index contributed by atoms with van der Waals surface area (Å²) in [7, 11) is 0. The maximum absolute atomic E-state index is 10.0. The molecule has 9 heteroatoms. The Bertz CT molecular complexity index is 875. The van der Waals surface area contributed by atoms with E-state index in [1.54, 1.807) is 18.5 Å². The summed E-state index contributed by atoms with van der Waals surface area (Å²) in [5, 5.41) is 11.3. The summed E-state index contributed by atoms with van der Waals surface area (Å²) < 4.78 is 0. The number of nitrogens with zero attached hydrogens (tertiary/aromatic N) is 4. The summed E-state index contributed by atoms with van der Waals surface area (Å²) in [4.78, 5) is 16.0. The number of hydrogen-bond donors (Lipinski definition) is 2. The van der Waals surface area contributed by atoms with E-state index >= 15 is 0 Å². The van der Waals surface area contributed by atoms with Crippen LogP contribution in [-0.4, -0.2) is 39.3 Å². The molecule has 0 aromatic carbocycles.